The quantitative estimate of drug-likeness (QED) is 0.895. The maximum atomic E-state index is 13.6. The predicted molar refractivity (Wildman–Crippen MR) is 60.8 cm³/mol. The fourth-order valence-electron chi connectivity index (χ4n) is 1.50. The number of carboxylic acids is 1. The maximum Gasteiger partial charge on any atom is 0.314 e. The van der Waals surface area contributed by atoms with Crippen LogP contribution in [0.5, 0.6) is 0 Å². The summed E-state index contributed by atoms with van der Waals surface area (Å²) in [5, 5.41) is 18.0. The van der Waals surface area contributed by atoms with Crippen molar-refractivity contribution in [1.82, 2.24) is 0 Å². The summed E-state index contributed by atoms with van der Waals surface area (Å²) in [6, 6.07) is 4.14. The Bertz CT molecular complexity index is 408. The van der Waals surface area contributed by atoms with Gasteiger partial charge in [-0.25, -0.2) is 4.39 Å². The number of aliphatic hydroxyl groups is 1. The fraction of sp³-hybridized carbons (Fsp3) is 0.364. The van der Waals surface area contributed by atoms with Gasteiger partial charge in [0.1, 0.15) is 5.82 Å². The Morgan fingerprint density at radius 1 is 1.56 bits per heavy atom. The summed E-state index contributed by atoms with van der Waals surface area (Å²) in [5.41, 5.74) is -1.34. The zero-order valence-electron chi connectivity index (χ0n) is 8.70. The van der Waals surface area contributed by atoms with Gasteiger partial charge in [0.15, 0.2) is 0 Å². The van der Waals surface area contributed by atoms with Crippen LogP contribution >= 0.6 is 15.9 Å². The maximum absolute atomic E-state index is 13.6. The fourth-order valence-corrected chi connectivity index (χ4v) is 1.86. The predicted octanol–water partition coefficient (Wildman–Crippen LogP) is 2.31. The van der Waals surface area contributed by atoms with E-state index in [4.69, 9.17) is 10.2 Å². The van der Waals surface area contributed by atoms with Crippen LogP contribution in [0.3, 0.4) is 0 Å². The van der Waals surface area contributed by atoms with Crippen molar-refractivity contribution in [2.75, 3.05) is 6.61 Å². The van der Waals surface area contributed by atoms with Crippen molar-refractivity contribution in [3.8, 4) is 0 Å². The second kappa shape index (κ2) is 4.93. The summed E-state index contributed by atoms with van der Waals surface area (Å²) in [6.07, 6.45) is -0.0320. The van der Waals surface area contributed by atoms with Crippen molar-refractivity contribution in [1.29, 1.82) is 0 Å². The minimum absolute atomic E-state index is 0.0320. The van der Waals surface area contributed by atoms with Gasteiger partial charge < -0.3 is 10.2 Å². The highest BCUT2D eigenvalue weighted by Gasteiger charge is 2.37. The van der Waals surface area contributed by atoms with Gasteiger partial charge in [0.2, 0.25) is 0 Å². The van der Waals surface area contributed by atoms with E-state index in [9.17, 15) is 9.18 Å². The molecule has 2 N–H and O–H groups in total. The van der Waals surface area contributed by atoms with Gasteiger partial charge in [0.25, 0.3) is 0 Å². The molecule has 0 saturated carbocycles. The van der Waals surface area contributed by atoms with Crippen LogP contribution in [0.15, 0.2) is 22.7 Å². The van der Waals surface area contributed by atoms with E-state index in [-0.39, 0.29) is 18.6 Å². The van der Waals surface area contributed by atoms with Gasteiger partial charge in [-0.1, -0.05) is 15.9 Å². The van der Waals surface area contributed by atoms with Crippen molar-refractivity contribution in [2.45, 2.75) is 18.8 Å². The van der Waals surface area contributed by atoms with Gasteiger partial charge in [0.05, 0.1) is 5.41 Å². The lowest BCUT2D eigenvalue weighted by molar-refractivity contribution is -0.144. The summed E-state index contributed by atoms with van der Waals surface area (Å²) in [5.74, 6) is -1.74. The van der Waals surface area contributed by atoms with Crippen molar-refractivity contribution in [3.63, 3.8) is 0 Å². The molecule has 5 heteroatoms. The van der Waals surface area contributed by atoms with Crippen molar-refractivity contribution >= 4 is 21.9 Å². The molecule has 1 unspecified atom stereocenters. The van der Waals surface area contributed by atoms with E-state index in [1.807, 2.05) is 0 Å². The lowest BCUT2D eigenvalue weighted by Crippen LogP contribution is -2.34. The Morgan fingerprint density at radius 2 is 2.19 bits per heavy atom. The van der Waals surface area contributed by atoms with E-state index in [0.717, 1.165) is 0 Å². The van der Waals surface area contributed by atoms with Crippen LogP contribution in [0.25, 0.3) is 0 Å². The summed E-state index contributed by atoms with van der Waals surface area (Å²) in [6.45, 7) is 1.09. The Morgan fingerprint density at radius 3 is 2.69 bits per heavy atom. The molecule has 0 fully saturated rings. The minimum Gasteiger partial charge on any atom is -0.481 e. The molecule has 1 aromatic carbocycles. The van der Waals surface area contributed by atoms with E-state index >= 15 is 0 Å². The van der Waals surface area contributed by atoms with E-state index < -0.39 is 17.2 Å². The van der Waals surface area contributed by atoms with E-state index in [2.05, 4.69) is 15.9 Å². The third-order valence-electron chi connectivity index (χ3n) is 2.61. The number of aliphatic carboxylic acids is 1. The highest BCUT2D eigenvalue weighted by molar-refractivity contribution is 9.10. The summed E-state index contributed by atoms with van der Waals surface area (Å²) >= 11 is 3.17. The zero-order valence-corrected chi connectivity index (χ0v) is 10.3. The number of hydrogen-bond donors (Lipinski definition) is 2. The Hall–Kier alpha value is -0.940. The number of halogens is 2. The monoisotopic (exact) mass is 290 g/mol. The van der Waals surface area contributed by atoms with Gasteiger partial charge in [-0.3, -0.25) is 4.79 Å². The molecular formula is C11H12BrFO3. The molecule has 1 atom stereocenters. The molecule has 0 aliphatic carbocycles. The molecule has 0 aliphatic rings. The molecule has 0 radical (unpaired) electrons. The first kappa shape index (κ1) is 13.1. The molecule has 0 aliphatic heterocycles. The minimum atomic E-state index is -1.41. The molecule has 1 aromatic rings. The number of benzene rings is 1. The third-order valence-corrected chi connectivity index (χ3v) is 3.10. The van der Waals surface area contributed by atoms with Crippen LogP contribution < -0.4 is 0 Å². The van der Waals surface area contributed by atoms with Gasteiger partial charge in [0, 0.05) is 16.6 Å². The highest BCUT2D eigenvalue weighted by atomic mass is 79.9. The van der Waals surface area contributed by atoms with E-state index in [0.29, 0.717) is 4.47 Å². The number of carbonyl (C=O) groups is 1. The van der Waals surface area contributed by atoms with E-state index in [1.165, 1.54) is 25.1 Å². The molecule has 0 aromatic heterocycles. The van der Waals surface area contributed by atoms with Crippen LogP contribution in [0.2, 0.25) is 0 Å². The van der Waals surface area contributed by atoms with Crippen LogP contribution in [0, 0.1) is 5.82 Å². The molecule has 0 amide bonds. The Balaban J connectivity index is 3.31. The smallest absolute Gasteiger partial charge is 0.314 e. The van der Waals surface area contributed by atoms with Crippen LogP contribution in [-0.4, -0.2) is 22.8 Å². The van der Waals surface area contributed by atoms with Gasteiger partial charge >= 0.3 is 5.97 Å². The summed E-state index contributed by atoms with van der Waals surface area (Å²) in [4.78, 5) is 11.2. The lowest BCUT2D eigenvalue weighted by Gasteiger charge is -2.25. The first-order chi connectivity index (χ1) is 7.41. The molecule has 0 saturated heterocycles. The summed E-state index contributed by atoms with van der Waals surface area (Å²) < 4.78 is 14.2. The molecule has 0 bridgehead atoms. The number of aliphatic hydroxyl groups excluding tert-OH is 1. The van der Waals surface area contributed by atoms with Crippen molar-refractivity contribution < 1.29 is 19.4 Å². The Kier molecular flexibility index (Phi) is 4.04. The number of hydrogen-bond acceptors (Lipinski definition) is 2. The topological polar surface area (TPSA) is 57.5 Å². The molecule has 1 rings (SSSR count). The largest absolute Gasteiger partial charge is 0.481 e. The third kappa shape index (κ3) is 2.41. The van der Waals surface area contributed by atoms with Crippen molar-refractivity contribution in [2.24, 2.45) is 0 Å². The molecule has 88 valence electrons. The standard InChI is InChI=1S/C11H12BrFO3/c1-11(4-5-14,10(15)16)8-6-7(12)2-3-9(8)13/h2-3,6,14H,4-5H2,1H3,(H,15,16). The number of carboxylic acid groups (broad SMARTS) is 1. The van der Waals surface area contributed by atoms with Crippen LogP contribution in [0.1, 0.15) is 18.9 Å². The molecule has 3 nitrogen and oxygen atoms in total. The van der Waals surface area contributed by atoms with Crippen LogP contribution in [-0.2, 0) is 10.2 Å². The highest BCUT2D eigenvalue weighted by Crippen LogP contribution is 2.31. The first-order valence-corrected chi connectivity index (χ1v) is 5.51. The average Bonchev–Trinajstić information content (AvgIpc) is 2.21. The van der Waals surface area contributed by atoms with Gasteiger partial charge in [-0.15, -0.1) is 0 Å². The van der Waals surface area contributed by atoms with E-state index in [1.54, 1.807) is 0 Å². The Labute approximate surface area is 101 Å². The first-order valence-electron chi connectivity index (χ1n) is 4.71. The molecule has 16 heavy (non-hydrogen) atoms. The molecule has 0 heterocycles. The molecular weight excluding hydrogens is 279 g/mol. The summed E-state index contributed by atoms with van der Waals surface area (Å²) in [7, 11) is 0. The second-order valence-corrected chi connectivity index (χ2v) is 4.65. The van der Waals surface area contributed by atoms with Gasteiger partial charge in [-0.05, 0) is 31.5 Å². The van der Waals surface area contributed by atoms with Crippen molar-refractivity contribution in [3.05, 3.63) is 34.1 Å². The molecule has 0 spiro atoms. The second-order valence-electron chi connectivity index (χ2n) is 3.74. The zero-order chi connectivity index (χ0) is 12.3. The lowest BCUT2D eigenvalue weighted by atomic mass is 9.79. The van der Waals surface area contributed by atoms with Gasteiger partial charge in [-0.2, -0.15) is 0 Å². The van der Waals surface area contributed by atoms with Crippen LogP contribution in [0.4, 0.5) is 4.39 Å². The number of rotatable bonds is 4. The average molecular weight is 291 g/mol. The normalized spacial score (nSPS) is 14.5. The SMILES string of the molecule is CC(CCO)(C(=O)O)c1cc(Br)ccc1F.